The lowest BCUT2D eigenvalue weighted by atomic mass is 9.85. The third-order valence-corrected chi connectivity index (χ3v) is 7.98. The number of rotatable bonds is 7. The van der Waals surface area contributed by atoms with E-state index >= 15 is 0 Å². The van der Waals surface area contributed by atoms with Crippen LogP contribution in [0.25, 0.3) is 10.4 Å². The Hall–Kier alpha value is -3.31. The number of β-amino-alcohol motifs (C(OH)–C–C–N with tert-alkyl or cyclic N) is 1. The summed E-state index contributed by atoms with van der Waals surface area (Å²) >= 11 is 1.57. The van der Waals surface area contributed by atoms with Crippen molar-refractivity contribution < 1.29 is 24.3 Å². The molecule has 0 radical (unpaired) electrons. The minimum atomic E-state index is -0.934. The summed E-state index contributed by atoms with van der Waals surface area (Å²) in [5.41, 5.74) is 4.08. The Morgan fingerprint density at radius 3 is 2.50 bits per heavy atom. The van der Waals surface area contributed by atoms with E-state index in [1.165, 1.54) is 4.90 Å². The number of amides is 4. The van der Waals surface area contributed by atoms with Crippen LogP contribution in [-0.4, -0.2) is 69.4 Å². The molecule has 4 atom stereocenters. The van der Waals surface area contributed by atoms with Gasteiger partial charge in [-0.15, -0.1) is 11.3 Å². The minimum Gasteiger partial charge on any atom is -0.391 e. The van der Waals surface area contributed by atoms with Gasteiger partial charge < -0.3 is 26.0 Å². The Labute approximate surface area is 226 Å². The second-order valence-corrected chi connectivity index (χ2v) is 11.9. The summed E-state index contributed by atoms with van der Waals surface area (Å²) < 4.78 is 0. The molecule has 2 saturated heterocycles. The van der Waals surface area contributed by atoms with Gasteiger partial charge in [-0.25, -0.2) is 4.98 Å². The molecule has 0 bridgehead atoms. The number of carbonyl (C=O) groups is 4. The molecule has 0 saturated carbocycles. The Balaban J connectivity index is 1.41. The molecule has 4 N–H and O–H groups in total. The van der Waals surface area contributed by atoms with Gasteiger partial charge in [0.2, 0.25) is 23.6 Å². The average Bonchev–Trinajstić information content (AvgIpc) is 3.60. The van der Waals surface area contributed by atoms with E-state index in [4.69, 9.17) is 0 Å². The molecule has 10 nitrogen and oxygen atoms in total. The van der Waals surface area contributed by atoms with Crippen LogP contribution >= 0.6 is 11.3 Å². The Morgan fingerprint density at radius 2 is 1.92 bits per heavy atom. The molecule has 2 aliphatic rings. The number of likely N-dealkylation sites (tertiary alicyclic amines) is 1. The summed E-state index contributed by atoms with van der Waals surface area (Å²) in [5.74, 6) is -1.42. The summed E-state index contributed by atoms with van der Waals surface area (Å²) in [5, 5.41) is 18.6. The van der Waals surface area contributed by atoms with Crippen LogP contribution in [0.3, 0.4) is 0 Å². The average molecular weight is 542 g/mol. The lowest BCUT2D eigenvalue weighted by molar-refractivity contribution is -0.144. The van der Waals surface area contributed by atoms with Crippen LogP contribution in [0.5, 0.6) is 0 Å². The number of aryl methyl sites for hydroxylation is 1. The van der Waals surface area contributed by atoms with Crippen LogP contribution in [0.15, 0.2) is 29.8 Å². The normalized spacial score (nSPS) is 22.2. The van der Waals surface area contributed by atoms with Crippen molar-refractivity contribution in [3.63, 3.8) is 0 Å². The highest BCUT2D eigenvalue weighted by Crippen LogP contribution is 2.28. The summed E-state index contributed by atoms with van der Waals surface area (Å²) in [6.45, 7) is 7.70. The zero-order valence-corrected chi connectivity index (χ0v) is 22.9. The highest BCUT2D eigenvalue weighted by Gasteiger charge is 2.45. The first-order chi connectivity index (χ1) is 17.9. The number of nitrogens with zero attached hydrogens (tertiary/aromatic N) is 2. The molecule has 0 spiro atoms. The first-order valence-electron chi connectivity index (χ1n) is 12.8. The predicted molar refractivity (Wildman–Crippen MR) is 143 cm³/mol. The van der Waals surface area contributed by atoms with Crippen LogP contribution in [0.4, 0.5) is 0 Å². The number of thiazole rings is 1. The van der Waals surface area contributed by atoms with Crippen molar-refractivity contribution in [3.05, 3.63) is 41.0 Å². The van der Waals surface area contributed by atoms with Crippen molar-refractivity contribution in [1.82, 2.24) is 25.8 Å². The molecule has 204 valence electrons. The lowest BCUT2D eigenvalue weighted by Crippen LogP contribution is -2.59. The summed E-state index contributed by atoms with van der Waals surface area (Å²) in [4.78, 5) is 57.9. The summed E-state index contributed by atoms with van der Waals surface area (Å²) in [6.07, 6.45) is -0.0963. The molecule has 2 aromatic rings. The Bertz CT molecular complexity index is 1210. The standard InChI is InChI=1S/C27H35N5O5S/c1-15-22(38-14-29-15)17-7-5-16(6-8-17)12-28-25(36)20-11-18(33)13-32(20)26(37)23(27(2,3)4)31-24(35)19-9-10-21(34)30-19/h5-8,14,18-20,23,33H,9-13H2,1-4H3,(H,28,36)(H,30,34)(H,31,35)/t18-,19+,20+,23-/m1/s1. The fourth-order valence-electron chi connectivity index (χ4n) is 4.83. The molecule has 4 rings (SSSR count). The van der Waals surface area contributed by atoms with Gasteiger partial charge in [-0.2, -0.15) is 0 Å². The summed E-state index contributed by atoms with van der Waals surface area (Å²) in [7, 11) is 0. The Morgan fingerprint density at radius 1 is 1.21 bits per heavy atom. The Kier molecular flexibility index (Phi) is 8.17. The first kappa shape index (κ1) is 27.7. The van der Waals surface area contributed by atoms with E-state index in [1.807, 2.05) is 57.5 Å². The van der Waals surface area contributed by atoms with Gasteiger partial charge in [-0.05, 0) is 29.9 Å². The highest BCUT2D eigenvalue weighted by molar-refractivity contribution is 7.13. The number of carbonyl (C=O) groups excluding carboxylic acids is 4. The maximum atomic E-state index is 13.6. The molecule has 4 amide bonds. The van der Waals surface area contributed by atoms with Gasteiger partial charge in [0.05, 0.1) is 22.2 Å². The van der Waals surface area contributed by atoms with E-state index in [-0.39, 0.29) is 37.7 Å². The largest absolute Gasteiger partial charge is 0.391 e. The van der Waals surface area contributed by atoms with Gasteiger partial charge in [0, 0.05) is 25.9 Å². The number of hydrogen-bond donors (Lipinski definition) is 4. The SMILES string of the molecule is Cc1ncsc1-c1ccc(CNC(=O)[C@@H]2C[C@@H](O)CN2C(=O)[C@@H](NC(=O)[C@@H]2CCC(=O)N2)C(C)(C)C)cc1. The maximum absolute atomic E-state index is 13.6. The van der Waals surface area contributed by atoms with Gasteiger partial charge in [-0.3, -0.25) is 19.2 Å². The van der Waals surface area contributed by atoms with Gasteiger partial charge >= 0.3 is 0 Å². The van der Waals surface area contributed by atoms with Gasteiger partial charge in [0.25, 0.3) is 0 Å². The molecule has 11 heteroatoms. The van der Waals surface area contributed by atoms with E-state index in [9.17, 15) is 24.3 Å². The topological polar surface area (TPSA) is 141 Å². The van der Waals surface area contributed by atoms with E-state index in [2.05, 4.69) is 20.9 Å². The molecular formula is C27H35N5O5S. The van der Waals surface area contributed by atoms with Crippen molar-refractivity contribution in [1.29, 1.82) is 0 Å². The molecule has 2 aliphatic heterocycles. The molecular weight excluding hydrogens is 506 g/mol. The lowest BCUT2D eigenvalue weighted by Gasteiger charge is -2.35. The summed E-state index contributed by atoms with van der Waals surface area (Å²) in [6, 6.07) is 5.37. The number of nitrogens with one attached hydrogen (secondary N) is 3. The van der Waals surface area contributed by atoms with E-state index in [0.717, 1.165) is 21.7 Å². The third-order valence-electron chi connectivity index (χ3n) is 7.00. The fourth-order valence-corrected chi connectivity index (χ4v) is 5.65. The molecule has 0 aliphatic carbocycles. The van der Waals surface area contributed by atoms with Crippen molar-refractivity contribution in [2.75, 3.05) is 6.54 Å². The second-order valence-electron chi connectivity index (χ2n) is 11.0. The number of hydrogen-bond acceptors (Lipinski definition) is 7. The highest BCUT2D eigenvalue weighted by atomic mass is 32.1. The van der Waals surface area contributed by atoms with Crippen molar-refractivity contribution in [2.45, 2.75) is 77.7 Å². The van der Waals surface area contributed by atoms with Crippen LogP contribution in [0.1, 0.15) is 51.3 Å². The van der Waals surface area contributed by atoms with Crippen LogP contribution < -0.4 is 16.0 Å². The zero-order chi connectivity index (χ0) is 27.6. The van der Waals surface area contributed by atoms with E-state index in [1.54, 1.807) is 11.3 Å². The molecule has 3 heterocycles. The van der Waals surface area contributed by atoms with Crippen molar-refractivity contribution in [3.8, 4) is 10.4 Å². The maximum Gasteiger partial charge on any atom is 0.246 e. The van der Waals surface area contributed by atoms with Gasteiger partial charge in [-0.1, -0.05) is 45.0 Å². The molecule has 0 unspecified atom stereocenters. The zero-order valence-electron chi connectivity index (χ0n) is 22.1. The quantitative estimate of drug-likeness (QED) is 0.419. The molecule has 1 aromatic carbocycles. The van der Waals surface area contributed by atoms with Gasteiger partial charge in [0.15, 0.2) is 0 Å². The monoisotopic (exact) mass is 541 g/mol. The number of benzene rings is 1. The van der Waals surface area contributed by atoms with Crippen molar-refractivity contribution in [2.24, 2.45) is 5.41 Å². The van der Waals surface area contributed by atoms with E-state index < -0.39 is 41.5 Å². The smallest absolute Gasteiger partial charge is 0.246 e. The number of aliphatic hydroxyl groups excluding tert-OH is 1. The number of aliphatic hydroxyl groups is 1. The predicted octanol–water partition coefficient (Wildman–Crippen LogP) is 1.51. The minimum absolute atomic E-state index is 0.00241. The number of aromatic nitrogens is 1. The molecule has 2 fully saturated rings. The van der Waals surface area contributed by atoms with E-state index in [0.29, 0.717) is 6.42 Å². The first-order valence-corrected chi connectivity index (χ1v) is 13.7. The fraction of sp³-hybridized carbons (Fsp3) is 0.519. The second kappa shape index (κ2) is 11.2. The molecule has 1 aromatic heterocycles. The van der Waals surface area contributed by atoms with Crippen LogP contribution in [-0.2, 0) is 25.7 Å². The molecule has 38 heavy (non-hydrogen) atoms. The third kappa shape index (κ3) is 6.21. The van der Waals surface area contributed by atoms with Crippen LogP contribution in [0, 0.1) is 12.3 Å². The van der Waals surface area contributed by atoms with Crippen molar-refractivity contribution >= 4 is 35.0 Å². The van der Waals surface area contributed by atoms with Gasteiger partial charge in [0.1, 0.15) is 18.1 Å². The van der Waals surface area contributed by atoms with Crippen LogP contribution in [0.2, 0.25) is 0 Å².